The maximum absolute atomic E-state index is 14.8. The van der Waals surface area contributed by atoms with E-state index in [0.717, 1.165) is 11.3 Å². The predicted molar refractivity (Wildman–Crippen MR) is 141 cm³/mol. The van der Waals surface area contributed by atoms with Crippen LogP contribution in [0, 0.1) is 5.82 Å². The van der Waals surface area contributed by atoms with Crippen LogP contribution in [0.1, 0.15) is 22.8 Å². The minimum absolute atomic E-state index is 0.168. The van der Waals surface area contributed by atoms with Crippen LogP contribution in [0.25, 0.3) is 16.9 Å². The van der Waals surface area contributed by atoms with Crippen molar-refractivity contribution in [3.05, 3.63) is 70.9 Å². The Balaban J connectivity index is 1.57. The van der Waals surface area contributed by atoms with E-state index >= 15 is 0 Å². The number of amides is 1. The van der Waals surface area contributed by atoms with Crippen LogP contribution in [0.4, 0.5) is 15.9 Å². The number of carbonyl (C=O) groups is 1. The molecule has 4 N–H and O–H groups in total. The molecule has 2 heterocycles. The number of ether oxygens (including phenoxy) is 2. The first kappa shape index (κ1) is 26.3. The summed E-state index contributed by atoms with van der Waals surface area (Å²) in [6, 6.07) is 8.22. The lowest BCUT2D eigenvalue weighted by atomic mass is 10.0. The number of halogens is 2. The SMILES string of the molecule is CCc1cc(Nc2nccn3c(-c4cc(Cl)c(OC)cc4F)cnc23)ccc1C(=O)NCCOCCN. The molecule has 0 radical (unpaired) electrons. The Labute approximate surface area is 218 Å². The first-order valence-electron chi connectivity index (χ1n) is 11.8. The van der Waals surface area contributed by atoms with Crippen LogP contribution in [0.3, 0.4) is 0 Å². The van der Waals surface area contributed by atoms with E-state index in [0.29, 0.717) is 60.5 Å². The first-order chi connectivity index (χ1) is 18.0. The van der Waals surface area contributed by atoms with E-state index in [4.69, 9.17) is 26.8 Å². The van der Waals surface area contributed by atoms with E-state index in [1.54, 1.807) is 35.1 Å². The molecular formula is C26H28ClFN6O3. The van der Waals surface area contributed by atoms with Crippen molar-refractivity contribution in [3.8, 4) is 17.0 Å². The van der Waals surface area contributed by atoms with Crippen molar-refractivity contribution in [2.24, 2.45) is 5.73 Å². The Bertz CT molecular complexity index is 1410. The minimum atomic E-state index is -0.484. The summed E-state index contributed by atoms with van der Waals surface area (Å²) in [5.74, 6) is 0.0782. The van der Waals surface area contributed by atoms with Crippen LogP contribution in [-0.2, 0) is 11.2 Å². The number of anilines is 2. The summed E-state index contributed by atoms with van der Waals surface area (Å²) < 4.78 is 26.9. The molecule has 4 rings (SSSR count). The van der Waals surface area contributed by atoms with E-state index in [2.05, 4.69) is 20.6 Å². The van der Waals surface area contributed by atoms with Crippen molar-refractivity contribution in [2.45, 2.75) is 13.3 Å². The van der Waals surface area contributed by atoms with Gasteiger partial charge >= 0.3 is 0 Å². The average Bonchev–Trinajstić information content (AvgIpc) is 3.34. The van der Waals surface area contributed by atoms with Crippen molar-refractivity contribution in [1.29, 1.82) is 0 Å². The van der Waals surface area contributed by atoms with Crippen molar-refractivity contribution < 1.29 is 18.7 Å². The number of hydrogen-bond acceptors (Lipinski definition) is 7. The number of fused-ring (bicyclic) bond motifs is 1. The second kappa shape index (κ2) is 12.0. The number of imidazole rings is 1. The monoisotopic (exact) mass is 526 g/mol. The third-order valence-corrected chi connectivity index (χ3v) is 6.03. The molecule has 0 unspecified atom stereocenters. The smallest absolute Gasteiger partial charge is 0.251 e. The van der Waals surface area contributed by atoms with E-state index in [9.17, 15) is 9.18 Å². The van der Waals surface area contributed by atoms with Gasteiger partial charge in [-0.05, 0) is 36.2 Å². The number of hydrogen-bond donors (Lipinski definition) is 3. The lowest BCUT2D eigenvalue weighted by molar-refractivity contribution is 0.0919. The summed E-state index contributed by atoms with van der Waals surface area (Å²) in [6.07, 6.45) is 5.51. The molecule has 0 saturated carbocycles. The molecule has 2 aromatic carbocycles. The van der Waals surface area contributed by atoms with Crippen molar-refractivity contribution >= 4 is 34.7 Å². The fourth-order valence-corrected chi connectivity index (χ4v) is 4.17. The standard InChI is InChI=1S/C26H28ClFN6O3/c1-3-16-12-17(4-5-18(16)26(35)31-8-11-37-10-6-29)33-24-25-32-15-22(34(25)9-7-30-24)19-13-20(27)23(36-2)14-21(19)28/h4-5,7,9,12-15H,3,6,8,10-11,29H2,1-2H3,(H,30,33)(H,31,35). The number of rotatable bonds is 11. The number of nitrogens with two attached hydrogens (primary N) is 1. The normalized spacial score (nSPS) is 11.1. The number of carbonyl (C=O) groups excluding carboxylic acids is 1. The van der Waals surface area contributed by atoms with Gasteiger partial charge in [0.05, 0.1) is 37.2 Å². The molecule has 0 atom stereocenters. The third-order valence-electron chi connectivity index (χ3n) is 5.73. The molecule has 0 aliphatic rings. The molecule has 194 valence electrons. The fraction of sp³-hybridized carbons (Fsp3) is 0.269. The molecule has 37 heavy (non-hydrogen) atoms. The van der Waals surface area contributed by atoms with E-state index in [1.165, 1.54) is 19.2 Å². The zero-order valence-electron chi connectivity index (χ0n) is 20.6. The van der Waals surface area contributed by atoms with Crippen LogP contribution in [-0.4, -0.2) is 53.7 Å². The molecule has 11 heteroatoms. The Morgan fingerprint density at radius 2 is 2.05 bits per heavy atom. The molecular weight excluding hydrogens is 499 g/mol. The van der Waals surface area contributed by atoms with Crippen LogP contribution >= 0.6 is 11.6 Å². The highest BCUT2D eigenvalue weighted by Gasteiger charge is 2.17. The number of benzene rings is 2. The molecule has 0 bridgehead atoms. The predicted octanol–water partition coefficient (Wildman–Crippen LogP) is 4.21. The topological polar surface area (TPSA) is 116 Å². The fourth-order valence-electron chi connectivity index (χ4n) is 3.93. The number of nitrogens with zero attached hydrogens (tertiary/aromatic N) is 3. The first-order valence-corrected chi connectivity index (χ1v) is 12.2. The molecule has 0 aliphatic heterocycles. The second-order valence-electron chi connectivity index (χ2n) is 8.09. The Hall–Kier alpha value is -3.73. The molecule has 0 aliphatic carbocycles. The molecule has 4 aromatic rings. The quantitative estimate of drug-likeness (QED) is 0.251. The Morgan fingerprint density at radius 3 is 2.81 bits per heavy atom. The summed E-state index contributed by atoms with van der Waals surface area (Å²) in [5.41, 5.74) is 8.90. The summed E-state index contributed by atoms with van der Waals surface area (Å²) in [6.45, 7) is 3.68. The van der Waals surface area contributed by atoms with Gasteiger partial charge in [0.1, 0.15) is 11.6 Å². The molecule has 1 amide bonds. The van der Waals surface area contributed by atoms with Crippen LogP contribution in [0.2, 0.25) is 5.02 Å². The van der Waals surface area contributed by atoms with Gasteiger partial charge in [-0.2, -0.15) is 0 Å². The Morgan fingerprint density at radius 1 is 1.22 bits per heavy atom. The molecule has 0 fully saturated rings. The lowest BCUT2D eigenvalue weighted by Crippen LogP contribution is -2.28. The van der Waals surface area contributed by atoms with Crippen LogP contribution in [0.15, 0.2) is 48.9 Å². The zero-order valence-corrected chi connectivity index (χ0v) is 21.3. The number of aryl methyl sites for hydroxylation is 1. The van der Waals surface area contributed by atoms with E-state index in [-0.39, 0.29) is 17.2 Å². The molecule has 2 aromatic heterocycles. The molecule has 9 nitrogen and oxygen atoms in total. The van der Waals surface area contributed by atoms with Gasteiger partial charge in [-0.1, -0.05) is 18.5 Å². The maximum atomic E-state index is 14.8. The number of aromatic nitrogens is 3. The largest absolute Gasteiger partial charge is 0.495 e. The summed E-state index contributed by atoms with van der Waals surface area (Å²) in [7, 11) is 1.43. The highest BCUT2D eigenvalue weighted by molar-refractivity contribution is 6.32. The summed E-state index contributed by atoms with van der Waals surface area (Å²) in [5, 5.41) is 6.42. The van der Waals surface area contributed by atoms with Gasteiger partial charge in [0.15, 0.2) is 11.5 Å². The summed E-state index contributed by atoms with van der Waals surface area (Å²) in [4.78, 5) is 21.5. The number of nitrogens with one attached hydrogen (secondary N) is 2. The van der Waals surface area contributed by atoms with Crippen LogP contribution < -0.4 is 21.1 Å². The van der Waals surface area contributed by atoms with Crippen molar-refractivity contribution in [2.75, 3.05) is 38.7 Å². The number of methoxy groups -OCH3 is 1. The minimum Gasteiger partial charge on any atom is -0.495 e. The third kappa shape index (κ3) is 5.82. The van der Waals surface area contributed by atoms with Gasteiger partial charge in [0.2, 0.25) is 0 Å². The van der Waals surface area contributed by atoms with Crippen LogP contribution in [0.5, 0.6) is 5.75 Å². The van der Waals surface area contributed by atoms with Gasteiger partial charge in [-0.3, -0.25) is 9.20 Å². The highest BCUT2D eigenvalue weighted by atomic mass is 35.5. The van der Waals surface area contributed by atoms with E-state index < -0.39 is 5.82 Å². The lowest BCUT2D eigenvalue weighted by Gasteiger charge is -2.13. The highest BCUT2D eigenvalue weighted by Crippen LogP contribution is 2.34. The van der Waals surface area contributed by atoms with E-state index in [1.807, 2.05) is 13.0 Å². The zero-order chi connectivity index (χ0) is 26.4. The molecule has 0 spiro atoms. The van der Waals surface area contributed by atoms with Gasteiger partial charge in [0, 0.05) is 48.4 Å². The Kier molecular flexibility index (Phi) is 8.54. The maximum Gasteiger partial charge on any atom is 0.251 e. The second-order valence-corrected chi connectivity index (χ2v) is 8.49. The summed E-state index contributed by atoms with van der Waals surface area (Å²) >= 11 is 6.23. The molecule has 0 saturated heterocycles. The average molecular weight is 527 g/mol. The van der Waals surface area contributed by atoms with Crippen molar-refractivity contribution in [3.63, 3.8) is 0 Å². The van der Waals surface area contributed by atoms with Gasteiger partial charge in [-0.25, -0.2) is 14.4 Å². The van der Waals surface area contributed by atoms with Gasteiger partial charge in [0.25, 0.3) is 5.91 Å². The van der Waals surface area contributed by atoms with Crippen molar-refractivity contribution in [1.82, 2.24) is 19.7 Å². The van der Waals surface area contributed by atoms with Gasteiger partial charge < -0.3 is 25.8 Å². The van der Waals surface area contributed by atoms with Gasteiger partial charge in [-0.15, -0.1) is 0 Å².